The molecule has 2 N–H and O–H groups in total. The van der Waals surface area contributed by atoms with E-state index in [4.69, 9.17) is 9.15 Å². The lowest BCUT2D eigenvalue weighted by atomic mass is 9.90. The minimum Gasteiger partial charge on any atom is -0.467 e. The van der Waals surface area contributed by atoms with Crippen LogP contribution in [0.5, 0.6) is 0 Å². The van der Waals surface area contributed by atoms with Crippen LogP contribution in [0, 0.1) is 0 Å². The van der Waals surface area contributed by atoms with Crippen LogP contribution in [0.15, 0.2) is 53.1 Å². The van der Waals surface area contributed by atoms with Crippen molar-refractivity contribution in [1.82, 2.24) is 10.6 Å². The quantitative estimate of drug-likeness (QED) is 0.761. The molecule has 2 amide bonds. The molecule has 2 rings (SSSR count). The minimum absolute atomic E-state index is 0.168. The van der Waals surface area contributed by atoms with Gasteiger partial charge in [0.05, 0.1) is 19.4 Å². The smallest absolute Gasteiger partial charge is 0.309 e. The van der Waals surface area contributed by atoms with Crippen LogP contribution in [0.1, 0.15) is 24.7 Å². The molecule has 1 heterocycles. The Labute approximate surface area is 141 Å². The molecular weight excluding hydrogens is 308 g/mol. The Hall–Kier alpha value is -2.60. The molecule has 0 aliphatic carbocycles. The maximum absolute atomic E-state index is 12.0. The molecular formula is C18H22N2O4. The van der Waals surface area contributed by atoms with E-state index in [-0.39, 0.29) is 13.1 Å². The summed E-state index contributed by atoms with van der Waals surface area (Å²) in [6, 6.07) is 13.1. The number of carbonyl (C=O) groups excluding carboxylic acids is 2. The Kier molecular flexibility index (Phi) is 6.14. The van der Waals surface area contributed by atoms with Crippen molar-refractivity contribution < 1.29 is 18.7 Å². The Balaban J connectivity index is 1.93. The van der Waals surface area contributed by atoms with E-state index in [0.29, 0.717) is 12.2 Å². The highest BCUT2D eigenvalue weighted by Crippen LogP contribution is 2.27. The predicted molar refractivity (Wildman–Crippen MR) is 89.0 cm³/mol. The van der Waals surface area contributed by atoms with Gasteiger partial charge in [-0.2, -0.15) is 0 Å². The fourth-order valence-electron chi connectivity index (χ4n) is 2.47. The summed E-state index contributed by atoms with van der Waals surface area (Å²) in [6.07, 6.45) is 2.16. The second-order valence-electron chi connectivity index (χ2n) is 5.36. The molecule has 0 aliphatic heterocycles. The zero-order valence-electron chi connectivity index (χ0n) is 13.9. The number of hydrogen-bond acceptors (Lipinski definition) is 4. The second kappa shape index (κ2) is 8.31. The molecule has 0 aliphatic rings. The molecule has 2 aromatic rings. The maximum atomic E-state index is 12.0. The number of ether oxygens (including phenoxy) is 1. The Morgan fingerprint density at radius 1 is 1.08 bits per heavy atom. The third-order valence-corrected chi connectivity index (χ3v) is 4.01. The summed E-state index contributed by atoms with van der Waals surface area (Å²) in [7, 11) is 1.60. The second-order valence-corrected chi connectivity index (χ2v) is 5.36. The Morgan fingerprint density at radius 2 is 1.79 bits per heavy atom. The van der Waals surface area contributed by atoms with E-state index in [1.165, 1.54) is 6.26 Å². The number of rotatable bonds is 7. The van der Waals surface area contributed by atoms with Crippen molar-refractivity contribution in [2.24, 2.45) is 0 Å². The lowest BCUT2D eigenvalue weighted by molar-refractivity contribution is -0.140. The van der Waals surface area contributed by atoms with Crippen molar-refractivity contribution in [3.05, 3.63) is 60.1 Å². The highest BCUT2D eigenvalue weighted by molar-refractivity contribution is 6.35. The van der Waals surface area contributed by atoms with Crippen LogP contribution in [-0.4, -0.2) is 25.5 Å². The van der Waals surface area contributed by atoms with Crippen LogP contribution in [0.2, 0.25) is 0 Å². The molecule has 6 heteroatoms. The van der Waals surface area contributed by atoms with Crippen molar-refractivity contribution in [2.45, 2.75) is 25.5 Å². The molecule has 24 heavy (non-hydrogen) atoms. The number of methoxy groups -OCH3 is 1. The van der Waals surface area contributed by atoms with Crippen molar-refractivity contribution in [3.63, 3.8) is 0 Å². The van der Waals surface area contributed by atoms with Crippen LogP contribution < -0.4 is 10.6 Å². The number of benzene rings is 1. The van der Waals surface area contributed by atoms with E-state index in [1.807, 2.05) is 37.3 Å². The van der Waals surface area contributed by atoms with Crippen LogP contribution in [-0.2, 0) is 26.5 Å². The third-order valence-electron chi connectivity index (χ3n) is 4.01. The van der Waals surface area contributed by atoms with Gasteiger partial charge in [0.2, 0.25) is 0 Å². The summed E-state index contributed by atoms with van der Waals surface area (Å²) < 4.78 is 10.8. The van der Waals surface area contributed by atoms with Crippen molar-refractivity contribution in [1.29, 1.82) is 0 Å². The summed E-state index contributed by atoms with van der Waals surface area (Å²) in [4.78, 5) is 23.9. The standard InChI is InChI=1S/C18H22N2O4/c1-3-18(23-2,14-8-5-4-6-9-14)13-20-17(22)16(21)19-12-15-10-7-11-24-15/h4-11H,3,12-13H2,1-2H3,(H,19,21)(H,20,22). The summed E-state index contributed by atoms with van der Waals surface area (Å²) in [6.45, 7) is 2.35. The molecule has 0 fully saturated rings. The van der Waals surface area contributed by atoms with Crippen LogP contribution in [0.25, 0.3) is 0 Å². The first-order chi connectivity index (χ1) is 11.6. The first kappa shape index (κ1) is 17.7. The molecule has 0 saturated carbocycles. The fourth-order valence-corrected chi connectivity index (χ4v) is 2.47. The first-order valence-electron chi connectivity index (χ1n) is 7.80. The number of carbonyl (C=O) groups is 2. The Morgan fingerprint density at radius 3 is 2.38 bits per heavy atom. The number of nitrogens with one attached hydrogen (secondary N) is 2. The van der Waals surface area contributed by atoms with Gasteiger partial charge in [-0.25, -0.2) is 0 Å². The molecule has 1 atom stereocenters. The lowest BCUT2D eigenvalue weighted by Gasteiger charge is -2.32. The molecule has 1 aromatic carbocycles. The molecule has 1 aromatic heterocycles. The van der Waals surface area contributed by atoms with Gasteiger partial charge >= 0.3 is 11.8 Å². The largest absolute Gasteiger partial charge is 0.467 e. The van der Waals surface area contributed by atoms with Gasteiger partial charge in [-0.1, -0.05) is 37.3 Å². The monoisotopic (exact) mass is 330 g/mol. The van der Waals surface area contributed by atoms with Gasteiger partial charge in [-0.05, 0) is 24.1 Å². The van der Waals surface area contributed by atoms with E-state index in [1.54, 1.807) is 19.2 Å². The minimum atomic E-state index is -0.708. The SMILES string of the molecule is CCC(CNC(=O)C(=O)NCc1ccco1)(OC)c1ccccc1. The number of amides is 2. The van der Waals surface area contributed by atoms with Gasteiger partial charge < -0.3 is 19.8 Å². The van der Waals surface area contributed by atoms with E-state index in [2.05, 4.69) is 10.6 Å². The summed E-state index contributed by atoms with van der Waals surface area (Å²) in [5, 5.41) is 5.16. The van der Waals surface area contributed by atoms with Crippen LogP contribution in [0.3, 0.4) is 0 Å². The maximum Gasteiger partial charge on any atom is 0.309 e. The molecule has 0 spiro atoms. The van der Waals surface area contributed by atoms with Gasteiger partial charge in [-0.3, -0.25) is 9.59 Å². The predicted octanol–water partition coefficient (Wildman–Crippen LogP) is 1.96. The van der Waals surface area contributed by atoms with Gasteiger partial charge in [0.1, 0.15) is 11.4 Å². The summed E-state index contributed by atoms with van der Waals surface area (Å²) in [5.41, 5.74) is 0.282. The molecule has 0 radical (unpaired) electrons. The summed E-state index contributed by atoms with van der Waals surface area (Å²) >= 11 is 0. The van der Waals surface area contributed by atoms with Crippen molar-refractivity contribution >= 4 is 11.8 Å². The highest BCUT2D eigenvalue weighted by Gasteiger charge is 2.31. The van der Waals surface area contributed by atoms with E-state index >= 15 is 0 Å². The van der Waals surface area contributed by atoms with Gasteiger partial charge in [0, 0.05) is 7.11 Å². The van der Waals surface area contributed by atoms with E-state index in [0.717, 1.165) is 5.56 Å². The highest BCUT2D eigenvalue weighted by atomic mass is 16.5. The van der Waals surface area contributed by atoms with E-state index < -0.39 is 17.4 Å². The third kappa shape index (κ3) is 4.23. The fraction of sp³-hybridized carbons (Fsp3) is 0.333. The molecule has 1 unspecified atom stereocenters. The van der Waals surface area contributed by atoms with Gasteiger partial charge in [0.25, 0.3) is 0 Å². The van der Waals surface area contributed by atoms with Crippen molar-refractivity contribution in [2.75, 3.05) is 13.7 Å². The van der Waals surface area contributed by atoms with E-state index in [9.17, 15) is 9.59 Å². The molecule has 6 nitrogen and oxygen atoms in total. The zero-order valence-corrected chi connectivity index (χ0v) is 13.9. The molecule has 0 bridgehead atoms. The number of furan rings is 1. The zero-order chi connectivity index (χ0) is 17.4. The normalized spacial score (nSPS) is 13.1. The summed E-state index contributed by atoms with van der Waals surface area (Å²) in [5.74, 6) is -0.826. The first-order valence-corrected chi connectivity index (χ1v) is 7.80. The molecule has 0 saturated heterocycles. The number of hydrogen-bond donors (Lipinski definition) is 2. The lowest BCUT2D eigenvalue weighted by Crippen LogP contribution is -2.46. The van der Waals surface area contributed by atoms with Crippen LogP contribution >= 0.6 is 0 Å². The molecule has 128 valence electrons. The van der Waals surface area contributed by atoms with Crippen LogP contribution in [0.4, 0.5) is 0 Å². The van der Waals surface area contributed by atoms with Crippen molar-refractivity contribution in [3.8, 4) is 0 Å². The van der Waals surface area contributed by atoms with Gasteiger partial charge in [0.15, 0.2) is 0 Å². The average Bonchev–Trinajstić information content (AvgIpc) is 3.15. The van der Waals surface area contributed by atoms with Gasteiger partial charge in [-0.15, -0.1) is 0 Å². The topological polar surface area (TPSA) is 80.6 Å². The Bertz CT molecular complexity index is 649. The average molecular weight is 330 g/mol.